The van der Waals surface area contributed by atoms with Crippen LogP contribution in [0.4, 0.5) is 5.69 Å². The second-order valence-corrected chi connectivity index (χ2v) is 8.69. The molecule has 0 bridgehead atoms. The lowest BCUT2D eigenvalue weighted by Gasteiger charge is -2.16. The van der Waals surface area contributed by atoms with Crippen LogP contribution in [0.1, 0.15) is 40.5 Å². The first kappa shape index (κ1) is 19.5. The molecule has 2 aromatic carbocycles. The van der Waals surface area contributed by atoms with Crippen LogP contribution in [0.15, 0.2) is 47.4 Å². The highest BCUT2D eigenvalue weighted by molar-refractivity contribution is 7.89. The molecule has 0 aliphatic carbocycles. The van der Waals surface area contributed by atoms with E-state index >= 15 is 0 Å². The van der Waals surface area contributed by atoms with Crippen molar-refractivity contribution in [1.29, 1.82) is 0 Å². The Morgan fingerprint density at radius 1 is 1.07 bits per heavy atom. The Kier molecular flexibility index (Phi) is 5.64. The molecule has 3 rings (SSSR count). The van der Waals surface area contributed by atoms with Gasteiger partial charge in [0.2, 0.25) is 10.0 Å². The Morgan fingerprint density at radius 3 is 2.44 bits per heavy atom. The molecule has 2 aromatic rings. The lowest BCUT2D eigenvalue weighted by molar-refractivity contribution is 0.101. The fourth-order valence-corrected chi connectivity index (χ4v) is 4.68. The van der Waals surface area contributed by atoms with Gasteiger partial charge in [-0.25, -0.2) is 8.42 Å². The van der Waals surface area contributed by atoms with Crippen molar-refractivity contribution in [3.8, 4) is 0 Å². The Bertz CT molecular complexity index is 999. The quantitative estimate of drug-likeness (QED) is 0.769. The van der Waals surface area contributed by atoms with Crippen LogP contribution in [0.25, 0.3) is 0 Å². The van der Waals surface area contributed by atoms with Crippen molar-refractivity contribution in [3.05, 3.63) is 58.6 Å². The number of hydrogen-bond donors (Lipinski definition) is 1. The molecule has 1 aliphatic rings. The first-order valence-electron chi connectivity index (χ1n) is 8.51. The molecule has 6 nitrogen and oxygen atoms in total. The van der Waals surface area contributed by atoms with Crippen molar-refractivity contribution in [2.24, 2.45) is 0 Å². The molecular formula is C19H19ClN2O4S. The van der Waals surface area contributed by atoms with E-state index in [2.05, 4.69) is 5.32 Å². The van der Waals surface area contributed by atoms with Crippen molar-refractivity contribution in [2.45, 2.75) is 24.7 Å². The summed E-state index contributed by atoms with van der Waals surface area (Å²) in [5.41, 5.74) is 0.950. The van der Waals surface area contributed by atoms with Gasteiger partial charge >= 0.3 is 0 Å². The van der Waals surface area contributed by atoms with Gasteiger partial charge in [-0.2, -0.15) is 4.31 Å². The molecule has 1 N–H and O–H groups in total. The highest BCUT2D eigenvalue weighted by Crippen LogP contribution is 2.26. The normalized spacial score (nSPS) is 14.9. The molecule has 1 fully saturated rings. The molecule has 0 spiro atoms. The minimum atomic E-state index is -3.65. The van der Waals surface area contributed by atoms with Crippen LogP contribution in [-0.4, -0.2) is 37.5 Å². The van der Waals surface area contributed by atoms with Crippen molar-refractivity contribution in [2.75, 3.05) is 18.4 Å². The van der Waals surface area contributed by atoms with E-state index in [-0.39, 0.29) is 21.3 Å². The summed E-state index contributed by atoms with van der Waals surface area (Å²) in [7, 11) is -3.65. The van der Waals surface area contributed by atoms with Crippen LogP contribution in [0.5, 0.6) is 0 Å². The number of hydrogen-bond acceptors (Lipinski definition) is 4. The number of anilines is 1. The highest BCUT2D eigenvalue weighted by atomic mass is 35.5. The number of nitrogens with one attached hydrogen (secondary N) is 1. The molecule has 1 aliphatic heterocycles. The molecule has 0 atom stereocenters. The molecule has 1 saturated heterocycles. The van der Waals surface area contributed by atoms with E-state index in [1.54, 1.807) is 24.3 Å². The first-order valence-corrected chi connectivity index (χ1v) is 10.3. The second-order valence-electron chi connectivity index (χ2n) is 6.34. The maximum Gasteiger partial charge on any atom is 0.257 e. The van der Waals surface area contributed by atoms with Crippen LogP contribution >= 0.6 is 11.6 Å². The molecule has 1 amide bonds. The van der Waals surface area contributed by atoms with Gasteiger partial charge < -0.3 is 5.32 Å². The zero-order valence-electron chi connectivity index (χ0n) is 14.7. The number of amides is 1. The summed E-state index contributed by atoms with van der Waals surface area (Å²) in [4.78, 5) is 24.1. The Morgan fingerprint density at radius 2 is 1.78 bits per heavy atom. The average Bonchev–Trinajstić information content (AvgIpc) is 3.17. The number of carbonyl (C=O) groups excluding carboxylic acids is 2. The van der Waals surface area contributed by atoms with E-state index in [0.29, 0.717) is 24.3 Å². The predicted octanol–water partition coefficient (Wildman–Crippen LogP) is 3.58. The topological polar surface area (TPSA) is 83.5 Å². The number of Topliss-reactive ketones (excluding diaryl/α,β-unsaturated/α-hetero) is 1. The van der Waals surface area contributed by atoms with E-state index in [4.69, 9.17) is 11.6 Å². The zero-order chi connectivity index (χ0) is 19.6. The van der Waals surface area contributed by atoms with Crippen LogP contribution in [0.2, 0.25) is 5.02 Å². The number of benzene rings is 2. The number of carbonyl (C=O) groups is 2. The summed E-state index contributed by atoms with van der Waals surface area (Å²) < 4.78 is 26.8. The minimum absolute atomic E-state index is 0.0384. The van der Waals surface area contributed by atoms with Crippen LogP contribution in [0, 0.1) is 0 Å². The summed E-state index contributed by atoms with van der Waals surface area (Å²) in [6, 6.07) is 10.6. The Balaban J connectivity index is 1.89. The van der Waals surface area contributed by atoms with E-state index in [9.17, 15) is 18.0 Å². The van der Waals surface area contributed by atoms with E-state index in [0.717, 1.165) is 12.8 Å². The number of halogens is 1. The standard InChI is InChI=1S/C19H19ClN2O4S/c1-13(23)14-5-4-6-15(11-14)21-19(24)17-12-16(7-8-18(17)20)27(25,26)22-9-2-3-10-22/h4-8,11-12H,2-3,9-10H2,1H3,(H,21,24). The van der Waals surface area contributed by atoms with Gasteiger partial charge in [-0.1, -0.05) is 23.7 Å². The van der Waals surface area contributed by atoms with Gasteiger partial charge in [0.05, 0.1) is 15.5 Å². The van der Waals surface area contributed by atoms with Gasteiger partial charge in [0.25, 0.3) is 5.91 Å². The van der Waals surface area contributed by atoms with E-state index < -0.39 is 15.9 Å². The summed E-state index contributed by atoms with van der Waals surface area (Å²) >= 11 is 6.13. The minimum Gasteiger partial charge on any atom is -0.322 e. The molecule has 8 heteroatoms. The fourth-order valence-electron chi connectivity index (χ4n) is 2.93. The molecule has 0 unspecified atom stereocenters. The number of nitrogens with zero attached hydrogens (tertiary/aromatic N) is 1. The maximum absolute atomic E-state index is 12.7. The molecule has 0 radical (unpaired) electrons. The predicted molar refractivity (Wildman–Crippen MR) is 104 cm³/mol. The fraction of sp³-hybridized carbons (Fsp3) is 0.263. The molecule has 0 saturated carbocycles. The van der Waals surface area contributed by atoms with Crippen molar-refractivity contribution in [1.82, 2.24) is 4.31 Å². The number of rotatable bonds is 5. The number of ketones is 1. The van der Waals surface area contributed by atoms with Crippen molar-refractivity contribution < 1.29 is 18.0 Å². The van der Waals surface area contributed by atoms with Crippen LogP contribution < -0.4 is 5.32 Å². The summed E-state index contributed by atoms with van der Waals surface area (Å²) in [5, 5.41) is 2.81. The monoisotopic (exact) mass is 406 g/mol. The third-order valence-electron chi connectivity index (χ3n) is 4.41. The lowest BCUT2D eigenvalue weighted by Crippen LogP contribution is -2.28. The Hall–Kier alpha value is -2.22. The largest absolute Gasteiger partial charge is 0.322 e. The Labute approximate surface area is 163 Å². The highest BCUT2D eigenvalue weighted by Gasteiger charge is 2.28. The second kappa shape index (κ2) is 7.80. The van der Waals surface area contributed by atoms with Gasteiger partial charge in [-0.3, -0.25) is 9.59 Å². The average molecular weight is 407 g/mol. The third kappa shape index (κ3) is 4.21. The zero-order valence-corrected chi connectivity index (χ0v) is 16.3. The molecule has 27 heavy (non-hydrogen) atoms. The smallest absolute Gasteiger partial charge is 0.257 e. The van der Waals surface area contributed by atoms with Gasteiger partial charge in [-0.05, 0) is 50.1 Å². The first-order chi connectivity index (χ1) is 12.8. The SMILES string of the molecule is CC(=O)c1cccc(NC(=O)c2cc(S(=O)(=O)N3CCCC3)ccc2Cl)c1. The van der Waals surface area contributed by atoms with Crippen molar-refractivity contribution >= 4 is 39.0 Å². The van der Waals surface area contributed by atoms with Gasteiger partial charge in [0.1, 0.15) is 0 Å². The summed E-state index contributed by atoms with van der Waals surface area (Å²) in [6.45, 7) is 2.39. The molecule has 142 valence electrons. The third-order valence-corrected chi connectivity index (χ3v) is 6.64. The van der Waals surface area contributed by atoms with Crippen LogP contribution in [-0.2, 0) is 10.0 Å². The summed E-state index contributed by atoms with van der Waals surface area (Å²) in [5.74, 6) is -0.665. The number of sulfonamides is 1. The van der Waals surface area contributed by atoms with Crippen molar-refractivity contribution in [3.63, 3.8) is 0 Å². The van der Waals surface area contributed by atoms with Crippen LogP contribution in [0.3, 0.4) is 0 Å². The molecule has 0 aromatic heterocycles. The van der Waals surface area contributed by atoms with Gasteiger partial charge in [-0.15, -0.1) is 0 Å². The molecule has 1 heterocycles. The van der Waals surface area contributed by atoms with Gasteiger partial charge in [0, 0.05) is 24.3 Å². The molecular weight excluding hydrogens is 388 g/mol. The summed E-state index contributed by atoms with van der Waals surface area (Å²) in [6.07, 6.45) is 1.65. The van der Waals surface area contributed by atoms with Gasteiger partial charge in [0.15, 0.2) is 5.78 Å². The maximum atomic E-state index is 12.7. The van der Waals surface area contributed by atoms with E-state index in [1.807, 2.05) is 0 Å². The van der Waals surface area contributed by atoms with E-state index in [1.165, 1.54) is 29.4 Å². The lowest BCUT2D eigenvalue weighted by atomic mass is 10.1.